The van der Waals surface area contributed by atoms with Crippen molar-refractivity contribution in [3.05, 3.63) is 118 Å². The average molecular weight is 446 g/mol. The number of hydrogen-bond donors (Lipinski definition) is 2. The molecule has 0 aromatic heterocycles. The smallest absolute Gasteiger partial charge is 0.319 e. The average Bonchev–Trinajstić information content (AvgIpc) is 2.80. The van der Waals surface area contributed by atoms with Gasteiger partial charge in [0.05, 0.1) is 11.6 Å². The quantitative estimate of drug-likeness (QED) is 0.548. The molecule has 0 aliphatic carbocycles. The SMILES string of the molecule is CC1=C(C(=O)N(Cc2ccccc2)Cc2ccccc2)C(c2ccc(Cl)cc2)NC(=O)N1. The fraction of sp³-hybridized carbons (Fsp3) is 0.154. The van der Waals surface area contributed by atoms with Crippen LogP contribution in [0.25, 0.3) is 0 Å². The molecule has 0 fully saturated rings. The summed E-state index contributed by atoms with van der Waals surface area (Å²) in [7, 11) is 0. The zero-order chi connectivity index (χ0) is 22.5. The number of halogens is 1. The van der Waals surface area contributed by atoms with Gasteiger partial charge >= 0.3 is 6.03 Å². The summed E-state index contributed by atoms with van der Waals surface area (Å²) in [6, 6.07) is 26.1. The zero-order valence-electron chi connectivity index (χ0n) is 17.7. The lowest BCUT2D eigenvalue weighted by molar-refractivity contribution is -0.128. The molecule has 1 aliphatic heterocycles. The molecule has 0 saturated carbocycles. The normalized spacial score (nSPS) is 15.7. The van der Waals surface area contributed by atoms with E-state index >= 15 is 0 Å². The second-order valence-electron chi connectivity index (χ2n) is 7.75. The van der Waals surface area contributed by atoms with Crippen LogP contribution in [0.2, 0.25) is 5.02 Å². The Morgan fingerprint density at radius 2 is 1.41 bits per heavy atom. The maximum Gasteiger partial charge on any atom is 0.319 e. The lowest BCUT2D eigenvalue weighted by atomic mass is 9.94. The van der Waals surface area contributed by atoms with E-state index < -0.39 is 6.04 Å². The molecule has 3 aromatic carbocycles. The number of urea groups is 1. The number of allylic oxidation sites excluding steroid dienone is 1. The standard InChI is InChI=1S/C26H24ClN3O2/c1-18-23(24(29-26(32)28-18)21-12-14-22(27)15-13-21)25(31)30(16-19-8-4-2-5-9-19)17-20-10-6-3-7-11-20/h2-15,24H,16-17H2,1H3,(H2,28,29,32). The number of benzene rings is 3. The van der Waals surface area contributed by atoms with Crippen molar-refractivity contribution in [2.45, 2.75) is 26.1 Å². The number of nitrogens with zero attached hydrogens (tertiary/aromatic N) is 1. The summed E-state index contributed by atoms with van der Waals surface area (Å²) in [5.41, 5.74) is 3.92. The lowest BCUT2D eigenvalue weighted by Gasteiger charge is -2.32. The molecule has 1 atom stereocenters. The van der Waals surface area contributed by atoms with Gasteiger partial charge < -0.3 is 15.5 Å². The first kappa shape index (κ1) is 21.7. The van der Waals surface area contributed by atoms with E-state index in [0.29, 0.717) is 29.4 Å². The molecule has 0 spiro atoms. The van der Waals surface area contributed by atoms with Crippen LogP contribution in [0.1, 0.15) is 29.7 Å². The predicted molar refractivity (Wildman–Crippen MR) is 126 cm³/mol. The maximum atomic E-state index is 13.9. The molecule has 0 saturated heterocycles. The first-order chi connectivity index (χ1) is 15.5. The second-order valence-corrected chi connectivity index (χ2v) is 8.19. The van der Waals surface area contributed by atoms with Gasteiger partial charge in [-0.25, -0.2) is 4.79 Å². The van der Waals surface area contributed by atoms with Crippen LogP contribution < -0.4 is 10.6 Å². The molecule has 162 valence electrons. The predicted octanol–water partition coefficient (Wildman–Crippen LogP) is 5.20. The van der Waals surface area contributed by atoms with Crippen molar-refractivity contribution in [1.29, 1.82) is 0 Å². The molecule has 32 heavy (non-hydrogen) atoms. The molecule has 2 N–H and O–H groups in total. The summed E-state index contributed by atoms with van der Waals surface area (Å²) in [5, 5.41) is 6.25. The van der Waals surface area contributed by atoms with Crippen LogP contribution in [0.5, 0.6) is 0 Å². The molecular weight excluding hydrogens is 422 g/mol. The summed E-state index contributed by atoms with van der Waals surface area (Å²) in [5.74, 6) is -0.136. The third-order valence-electron chi connectivity index (χ3n) is 5.42. The number of carbonyl (C=O) groups excluding carboxylic acids is 2. The van der Waals surface area contributed by atoms with Gasteiger partial charge in [-0.1, -0.05) is 84.4 Å². The van der Waals surface area contributed by atoms with E-state index in [1.54, 1.807) is 19.1 Å². The van der Waals surface area contributed by atoms with Gasteiger partial charge in [-0.3, -0.25) is 4.79 Å². The van der Waals surface area contributed by atoms with Crippen LogP contribution in [-0.4, -0.2) is 16.8 Å². The van der Waals surface area contributed by atoms with Gasteiger partial charge in [-0.15, -0.1) is 0 Å². The minimum atomic E-state index is -0.567. The van der Waals surface area contributed by atoms with Gasteiger partial charge in [0, 0.05) is 23.8 Å². The van der Waals surface area contributed by atoms with Crippen LogP contribution in [0.4, 0.5) is 4.79 Å². The summed E-state index contributed by atoms with van der Waals surface area (Å²) < 4.78 is 0. The fourth-order valence-electron chi connectivity index (χ4n) is 3.86. The molecular formula is C26H24ClN3O2. The van der Waals surface area contributed by atoms with Crippen molar-refractivity contribution in [3.8, 4) is 0 Å². The molecule has 4 rings (SSSR count). The van der Waals surface area contributed by atoms with Crippen LogP contribution >= 0.6 is 11.6 Å². The fourth-order valence-corrected chi connectivity index (χ4v) is 3.99. The van der Waals surface area contributed by atoms with Crippen LogP contribution in [-0.2, 0) is 17.9 Å². The van der Waals surface area contributed by atoms with E-state index in [4.69, 9.17) is 11.6 Å². The van der Waals surface area contributed by atoms with Crippen molar-refractivity contribution in [2.24, 2.45) is 0 Å². The highest BCUT2D eigenvalue weighted by atomic mass is 35.5. The minimum absolute atomic E-state index is 0.136. The van der Waals surface area contributed by atoms with E-state index in [2.05, 4.69) is 10.6 Å². The molecule has 1 aliphatic rings. The third kappa shape index (κ3) is 5.01. The molecule has 5 nitrogen and oxygen atoms in total. The summed E-state index contributed by atoms with van der Waals surface area (Å²) in [6.45, 7) is 2.66. The number of amides is 3. The highest BCUT2D eigenvalue weighted by Crippen LogP contribution is 2.30. The van der Waals surface area contributed by atoms with Gasteiger partial charge in [0.15, 0.2) is 0 Å². The van der Waals surface area contributed by atoms with Crippen molar-refractivity contribution in [3.63, 3.8) is 0 Å². The van der Waals surface area contributed by atoms with Gasteiger partial charge in [-0.05, 0) is 35.7 Å². The van der Waals surface area contributed by atoms with Crippen LogP contribution in [0.3, 0.4) is 0 Å². The molecule has 0 radical (unpaired) electrons. The summed E-state index contributed by atoms with van der Waals surface area (Å²) in [4.78, 5) is 28.0. The zero-order valence-corrected chi connectivity index (χ0v) is 18.5. The largest absolute Gasteiger partial charge is 0.330 e. The number of rotatable bonds is 6. The second kappa shape index (κ2) is 9.71. The van der Waals surface area contributed by atoms with E-state index in [1.165, 1.54) is 0 Å². The van der Waals surface area contributed by atoms with Gasteiger partial charge in [0.1, 0.15) is 0 Å². The Bertz CT molecular complexity index is 1090. The van der Waals surface area contributed by atoms with Crippen molar-refractivity contribution >= 4 is 23.5 Å². The van der Waals surface area contributed by atoms with E-state index in [9.17, 15) is 9.59 Å². The highest BCUT2D eigenvalue weighted by molar-refractivity contribution is 6.30. The highest BCUT2D eigenvalue weighted by Gasteiger charge is 2.33. The van der Waals surface area contributed by atoms with E-state index in [-0.39, 0.29) is 11.9 Å². The summed E-state index contributed by atoms with van der Waals surface area (Å²) in [6.07, 6.45) is 0. The third-order valence-corrected chi connectivity index (χ3v) is 5.67. The molecule has 0 bridgehead atoms. The molecule has 3 aromatic rings. The van der Waals surface area contributed by atoms with Crippen molar-refractivity contribution in [2.75, 3.05) is 0 Å². The topological polar surface area (TPSA) is 61.4 Å². The number of hydrogen-bond acceptors (Lipinski definition) is 2. The van der Waals surface area contributed by atoms with Crippen molar-refractivity contribution < 1.29 is 9.59 Å². The maximum absolute atomic E-state index is 13.9. The Hall–Kier alpha value is -3.57. The Morgan fingerprint density at radius 1 is 0.875 bits per heavy atom. The Balaban J connectivity index is 1.71. The van der Waals surface area contributed by atoms with Gasteiger partial charge in [-0.2, -0.15) is 0 Å². The Morgan fingerprint density at radius 3 is 1.94 bits per heavy atom. The van der Waals surface area contributed by atoms with Crippen LogP contribution in [0, 0.1) is 0 Å². The molecule has 1 heterocycles. The first-order valence-corrected chi connectivity index (χ1v) is 10.8. The van der Waals surface area contributed by atoms with Gasteiger partial charge in [0.2, 0.25) is 0 Å². The first-order valence-electron chi connectivity index (χ1n) is 10.4. The van der Waals surface area contributed by atoms with E-state index in [0.717, 1.165) is 16.7 Å². The number of carbonyl (C=O) groups is 2. The molecule has 1 unspecified atom stereocenters. The van der Waals surface area contributed by atoms with Crippen LogP contribution in [0.15, 0.2) is 96.2 Å². The monoisotopic (exact) mass is 445 g/mol. The number of nitrogens with one attached hydrogen (secondary N) is 2. The summed E-state index contributed by atoms with van der Waals surface area (Å²) >= 11 is 6.05. The van der Waals surface area contributed by atoms with Crippen molar-refractivity contribution in [1.82, 2.24) is 15.5 Å². The molecule has 6 heteroatoms. The lowest BCUT2D eigenvalue weighted by Crippen LogP contribution is -2.47. The van der Waals surface area contributed by atoms with Gasteiger partial charge in [0.25, 0.3) is 5.91 Å². The Kier molecular flexibility index (Phi) is 6.57. The minimum Gasteiger partial charge on any atom is -0.330 e. The Labute approximate surface area is 192 Å². The molecule has 3 amide bonds. The van der Waals surface area contributed by atoms with E-state index in [1.807, 2.05) is 77.7 Å².